The second-order valence-electron chi connectivity index (χ2n) is 18.3. The van der Waals surface area contributed by atoms with E-state index in [0.717, 1.165) is 24.3 Å². The highest BCUT2D eigenvalue weighted by Crippen LogP contribution is 2.55. The second kappa shape index (κ2) is 21.4. The molecule has 3 aromatic carbocycles. The number of ether oxygens (including phenoxy) is 5. The van der Waals surface area contributed by atoms with E-state index in [1.54, 1.807) is 47.0 Å². The first kappa shape index (κ1) is 51.3. The van der Waals surface area contributed by atoms with Crippen LogP contribution < -0.4 is 14.8 Å². The number of phenols is 3. The van der Waals surface area contributed by atoms with Crippen molar-refractivity contribution in [1.29, 1.82) is 0 Å². The summed E-state index contributed by atoms with van der Waals surface area (Å²) in [5.74, 6) is -7.72. The third kappa shape index (κ3) is 10.6. The number of hydrogen-bond acceptors (Lipinski definition) is 16. The Morgan fingerprint density at radius 1 is 0.941 bits per heavy atom. The Hall–Kier alpha value is -6.14. The number of phenolic OH excluding ortho intramolecular Hbond substituents is 3. The molecule has 1 saturated heterocycles. The maximum Gasteiger partial charge on any atom is 0.312 e. The molecule has 0 aromatic heterocycles. The van der Waals surface area contributed by atoms with Crippen LogP contribution in [0.15, 0.2) is 65.5 Å². The number of Topliss-reactive ketones (excluding diaryl/α,β-unsaturated/α-hetero) is 1. The number of hydrogen-bond donors (Lipinski definition) is 6. The fraction of sp³-hybridized carbons (Fsp3) is 0.490. The van der Waals surface area contributed by atoms with Crippen molar-refractivity contribution in [2.24, 2.45) is 28.8 Å². The fourth-order valence-corrected chi connectivity index (χ4v) is 9.27. The molecule has 0 aliphatic carbocycles. The van der Waals surface area contributed by atoms with Crippen LogP contribution in [-0.2, 0) is 30.3 Å². The number of ketones is 1. The largest absolute Gasteiger partial charge is 0.507 e. The molecule has 4 aliphatic rings. The maximum atomic E-state index is 14.6. The van der Waals surface area contributed by atoms with Gasteiger partial charge in [0.2, 0.25) is 0 Å². The van der Waals surface area contributed by atoms with Crippen molar-refractivity contribution in [3.05, 3.63) is 82.7 Å². The van der Waals surface area contributed by atoms with Crippen molar-refractivity contribution >= 4 is 40.3 Å². The summed E-state index contributed by atoms with van der Waals surface area (Å²) in [5.41, 5.74) is 0.689. The smallest absolute Gasteiger partial charge is 0.312 e. The number of allylic oxidation sites excluding steroid dienone is 2. The van der Waals surface area contributed by atoms with Gasteiger partial charge in [0.15, 0.2) is 5.75 Å². The zero-order valence-electron chi connectivity index (χ0n) is 40.5. The molecule has 368 valence electrons. The quantitative estimate of drug-likeness (QED) is 0.0661. The minimum Gasteiger partial charge on any atom is -0.507 e. The van der Waals surface area contributed by atoms with Crippen LogP contribution in [0.5, 0.6) is 28.7 Å². The number of anilines is 1. The number of fused-ring (bicyclic) bond motifs is 14. The molecule has 9 atom stereocenters. The van der Waals surface area contributed by atoms with Gasteiger partial charge in [-0.05, 0) is 44.0 Å². The molecular formula is C51H66N4O13. The normalized spacial score (nSPS) is 27.8. The molecule has 68 heavy (non-hydrogen) atoms. The molecule has 0 saturated carbocycles. The molecule has 4 heterocycles. The molecule has 6 N–H and O–H groups in total. The lowest BCUT2D eigenvalue weighted by Gasteiger charge is -2.38. The number of nitrogens with zero attached hydrogens (tertiary/aromatic N) is 3. The van der Waals surface area contributed by atoms with Crippen LogP contribution in [0.3, 0.4) is 0 Å². The highest BCUT2D eigenvalue weighted by Gasteiger charge is 2.50. The highest BCUT2D eigenvalue weighted by molar-refractivity contribution is 6.23. The number of rotatable bonds is 7. The number of hydrazone groups is 1. The summed E-state index contributed by atoms with van der Waals surface area (Å²) < 4.78 is 29.2. The second-order valence-corrected chi connectivity index (χ2v) is 18.3. The maximum absolute atomic E-state index is 14.6. The van der Waals surface area contributed by atoms with Gasteiger partial charge in [-0.3, -0.25) is 24.3 Å². The third-order valence-electron chi connectivity index (χ3n) is 13.5. The van der Waals surface area contributed by atoms with E-state index in [2.05, 4.69) is 10.2 Å². The molecule has 0 spiro atoms. The molecule has 17 heteroatoms. The molecule has 9 unspecified atom stereocenters. The summed E-state index contributed by atoms with van der Waals surface area (Å²) in [6.45, 7) is 15.7. The number of amides is 1. The summed E-state index contributed by atoms with van der Waals surface area (Å²) in [6.07, 6.45) is 5.60. The van der Waals surface area contributed by atoms with Crippen LogP contribution in [-0.4, -0.2) is 130 Å². The lowest BCUT2D eigenvalue weighted by molar-refractivity contribution is -0.160. The molecule has 4 aliphatic heterocycles. The average molecular weight is 943 g/mol. The first-order chi connectivity index (χ1) is 32.2. The van der Waals surface area contributed by atoms with Crippen molar-refractivity contribution in [1.82, 2.24) is 9.91 Å². The summed E-state index contributed by atoms with van der Waals surface area (Å²) in [5, 5.41) is 67.9. The van der Waals surface area contributed by atoms with E-state index in [-0.39, 0.29) is 44.5 Å². The van der Waals surface area contributed by atoms with Crippen LogP contribution >= 0.6 is 0 Å². The van der Waals surface area contributed by atoms with E-state index in [1.165, 1.54) is 59.4 Å². The van der Waals surface area contributed by atoms with E-state index in [9.17, 15) is 39.9 Å². The summed E-state index contributed by atoms with van der Waals surface area (Å²) in [4.78, 5) is 43.3. The number of esters is 1. The van der Waals surface area contributed by atoms with Gasteiger partial charge < -0.3 is 54.5 Å². The zero-order valence-corrected chi connectivity index (χ0v) is 40.5. The number of aromatic hydroxyl groups is 3. The van der Waals surface area contributed by atoms with Gasteiger partial charge in [-0.25, -0.2) is 0 Å². The van der Waals surface area contributed by atoms with E-state index >= 15 is 0 Å². The Morgan fingerprint density at radius 3 is 2.37 bits per heavy atom. The van der Waals surface area contributed by atoms with Gasteiger partial charge >= 0.3 is 11.8 Å². The Kier molecular flexibility index (Phi) is 16.2. The highest BCUT2D eigenvalue weighted by atomic mass is 16.7. The molecule has 7 rings (SSSR count). The molecule has 3 aromatic rings. The van der Waals surface area contributed by atoms with Gasteiger partial charge in [0, 0.05) is 93.9 Å². The lowest BCUT2D eigenvalue weighted by Crippen LogP contribution is -2.46. The van der Waals surface area contributed by atoms with Crippen LogP contribution in [0, 0.1) is 30.6 Å². The predicted molar refractivity (Wildman–Crippen MR) is 256 cm³/mol. The summed E-state index contributed by atoms with van der Waals surface area (Å²) >= 11 is 0. The summed E-state index contributed by atoms with van der Waals surface area (Å²) in [7, 11) is 3.07. The number of carbonyl (C=O) groups is 3. The summed E-state index contributed by atoms with van der Waals surface area (Å²) in [6, 6.07) is 7.88. The van der Waals surface area contributed by atoms with Gasteiger partial charge in [0.05, 0.1) is 60.1 Å². The lowest BCUT2D eigenvalue weighted by atomic mass is 9.78. The van der Waals surface area contributed by atoms with Crippen molar-refractivity contribution in [3.63, 3.8) is 0 Å². The van der Waals surface area contributed by atoms with Gasteiger partial charge in [-0.2, -0.15) is 5.10 Å². The van der Waals surface area contributed by atoms with Gasteiger partial charge in [-0.1, -0.05) is 58.1 Å². The number of nitrogens with one attached hydrogen (secondary N) is 1. The Morgan fingerprint density at radius 2 is 1.68 bits per heavy atom. The van der Waals surface area contributed by atoms with E-state index in [4.69, 9.17) is 28.8 Å². The SMILES string of the molecule is COc1cccc(CN2CCCN(N=Cc3c4c(O)c5c(O)c(C)c6c(c5c3O)C(=O)C(C)(OC=CC(OC)C(C)C(OC(C)=O)C(C)C(O)C(C)C(O)C(C)C=CC=C(C)C(=O)N4)O6)CC2)c1. The number of methoxy groups -OCH3 is 2. The minimum absolute atomic E-state index is 0.0473. The van der Waals surface area contributed by atoms with Gasteiger partial charge in [-0.15, -0.1) is 0 Å². The fourth-order valence-electron chi connectivity index (χ4n) is 9.27. The molecular weight excluding hydrogens is 877 g/mol. The van der Waals surface area contributed by atoms with Gasteiger partial charge in [0.1, 0.15) is 29.1 Å². The predicted octanol–water partition coefficient (Wildman–Crippen LogP) is 6.30. The molecule has 5 bridgehead atoms. The molecule has 17 nitrogen and oxygen atoms in total. The number of carbonyl (C=O) groups excluding carboxylic acids is 3. The zero-order chi connectivity index (χ0) is 49.8. The van der Waals surface area contributed by atoms with E-state index in [0.29, 0.717) is 26.2 Å². The Bertz CT molecular complexity index is 2500. The number of benzene rings is 3. The standard InChI is InChI=1S/C51H66N4O13/c1-27-14-11-15-28(2)50(63)53-41-36(25-52-55-20-13-19-54(21-22-55)26-34-16-12-17-35(24-34)64-9)45(60)38-39(46(41)61)44(59)32(6)48-40(38)49(62)51(8,68-48)66-23-18-37(65-10)29(3)47(67-33(7)56)31(5)43(58)30(4)42(27)57/h11-12,14-18,23-25,27,29-31,37,42-43,47,57-61H,13,19-22,26H2,1-10H3,(H,53,63). The molecule has 0 radical (unpaired) electrons. The topological polar surface area (TPSA) is 229 Å². The van der Waals surface area contributed by atoms with Crippen molar-refractivity contribution in [2.75, 3.05) is 45.7 Å². The van der Waals surface area contributed by atoms with Crippen molar-refractivity contribution < 1.29 is 63.6 Å². The van der Waals surface area contributed by atoms with E-state index < -0.39 is 88.8 Å². The van der Waals surface area contributed by atoms with Crippen LogP contribution in [0.2, 0.25) is 0 Å². The van der Waals surface area contributed by atoms with E-state index in [1.807, 2.05) is 29.3 Å². The molecule has 1 fully saturated rings. The average Bonchev–Trinajstić information content (AvgIpc) is 3.41. The monoisotopic (exact) mass is 942 g/mol. The first-order valence-corrected chi connectivity index (χ1v) is 22.9. The molecule has 1 amide bonds. The number of aliphatic hydroxyl groups excluding tert-OH is 2. The van der Waals surface area contributed by atoms with Crippen LogP contribution in [0.25, 0.3) is 10.8 Å². The third-order valence-corrected chi connectivity index (χ3v) is 13.5. The Labute approximate surface area is 397 Å². The van der Waals surface area contributed by atoms with Crippen molar-refractivity contribution in [2.45, 2.75) is 98.6 Å². The van der Waals surface area contributed by atoms with Crippen LogP contribution in [0.1, 0.15) is 81.9 Å². The minimum atomic E-state index is -2.07. The Balaban J connectivity index is 1.45. The first-order valence-electron chi connectivity index (χ1n) is 22.9. The number of aliphatic hydroxyl groups is 2. The van der Waals surface area contributed by atoms with Gasteiger partial charge in [0.25, 0.3) is 11.7 Å². The van der Waals surface area contributed by atoms with Crippen LogP contribution in [0.4, 0.5) is 5.69 Å². The van der Waals surface area contributed by atoms with Crippen molar-refractivity contribution in [3.8, 4) is 28.7 Å².